The van der Waals surface area contributed by atoms with E-state index in [0.29, 0.717) is 63.8 Å². The Hall–Kier alpha value is -2.70. The Kier molecular flexibility index (Phi) is 13.2. The number of nitrogens with one attached hydrogen (secondary N) is 4. The monoisotopic (exact) mass is 707 g/mol. The molecule has 1 saturated heterocycles. The van der Waals surface area contributed by atoms with Gasteiger partial charge in [0, 0.05) is 12.6 Å². The van der Waals surface area contributed by atoms with Gasteiger partial charge in [-0.2, -0.15) is 0 Å². The second kappa shape index (κ2) is 16.5. The second-order valence-corrected chi connectivity index (χ2v) is 18.1. The number of urea groups is 1. The molecule has 0 unspecified atom stereocenters. The minimum absolute atomic E-state index is 0.0105. The van der Waals surface area contributed by atoms with E-state index in [0.717, 1.165) is 44.9 Å². The molecule has 1 aliphatic heterocycles. The molecule has 5 amide bonds. The van der Waals surface area contributed by atoms with Gasteiger partial charge in [-0.15, -0.1) is 0 Å². The molecule has 5 atom stereocenters. The normalized spacial score (nSPS) is 26.1. The topological polar surface area (TPSA) is 171 Å². The van der Waals surface area contributed by atoms with Crippen LogP contribution < -0.4 is 21.3 Å². The second-order valence-electron chi connectivity index (χ2n) is 15.8. The first-order valence-corrected chi connectivity index (χ1v) is 20.6. The molecule has 49 heavy (non-hydrogen) atoms. The number of sulfone groups is 1. The zero-order chi connectivity index (χ0) is 36.0. The van der Waals surface area contributed by atoms with Gasteiger partial charge in [0.25, 0.3) is 5.91 Å². The molecule has 13 heteroatoms. The van der Waals surface area contributed by atoms with Crippen LogP contribution in [0.5, 0.6) is 0 Å². The van der Waals surface area contributed by atoms with E-state index < -0.39 is 56.3 Å². The van der Waals surface area contributed by atoms with Gasteiger partial charge < -0.3 is 26.2 Å². The minimum Gasteiger partial charge on any atom is -0.347 e. The van der Waals surface area contributed by atoms with Gasteiger partial charge in [0.05, 0.1) is 29.1 Å². The van der Waals surface area contributed by atoms with Gasteiger partial charge in [0.2, 0.25) is 17.6 Å². The third-order valence-corrected chi connectivity index (χ3v) is 14.2. The number of carbonyl (C=O) groups is 5. The van der Waals surface area contributed by atoms with Crippen LogP contribution in [0.4, 0.5) is 4.79 Å². The van der Waals surface area contributed by atoms with Crippen LogP contribution in [-0.2, 0) is 29.0 Å². The van der Waals surface area contributed by atoms with Crippen molar-refractivity contribution in [3.63, 3.8) is 0 Å². The number of ketones is 1. The fraction of sp³-hybridized carbons (Fsp3) is 0.861. The van der Waals surface area contributed by atoms with Crippen molar-refractivity contribution in [2.24, 2.45) is 17.3 Å². The molecule has 1 heterocycles. The van der Waals surface area contributed by atoms with Crippen molar-refractivity contribution in [2.75, 3.05) is 18.8 Å². The molecule has 4 rings (SSSR count). The van der Waals surface area contributed by atoms with Crippen LogP contribution in [0.15, 0.2) is 0 Å². The van der Waals surface area contributed by atoms with Crippen molar-refractivity contribution in [1.82, 2.24) is 26.2 Å². The Morgan fingerprint density at radius 1 is 0.857 bits per heavy atom. The minimum atomic E-state index is -3.34. The number of hydrogen-bond donors (Lipinski definition) is 4. The standard InChI is InChI=1S/C36H61N5O7S/c1-6-8-14-27(31(43)32(44)37-25-17-18-25)38-30(42)23-41(22-26-24(3)35(26,4)5)33(45)28(15-9-7-2)39-34(46)40-36(19-11-10-12-20-36)29-16-13-21-49(29,47)48/h24-29H,6-23H2,1-5H3,(H,37,44)(H,38,42)(H2,39,40,46)/t24-,26+,27+,28+,29+/m1/s1. The van der Waals surface area contributed by atoms with Gasteiger partial charge in [-0.1, -0.05) is 79.6 Å². The average Bonchev–Trinajstić information content (AvgIpc) is 3.91. The van der Waals surface area contributed by atoms with Crippen molar-refractivity contribution in [3.8, 4) is 0 Å². The molecule has 12 nitrogen and oxygen atoms in total. The first kappa shape index (κ1) is 39.1. The number of nitrogens with zero attached hydrogens (tertiary/aromatic N) is 1. The fourth-order valence-electron chi connectivity index (χ4n) is 8.04. The van der Waals surface area contributed by atoms with Gasteiger partial charge >= 0.3 is 6.03 Å². The van der Waals surface area contributed by atoms with E-state index >= 15 is 0 Å². The van der Waals surface area contributed by atoms with E-state index in [2.05, 4.69) is 42.0 Å². The van der Waals surface area contributed by atoms with Crippen LogP contribution in [0.1, 0.15) is 131 Å². The van der Waals surface area contributed by atoms with Crippen LogP contribution in [0.3, 0.4) is 0 Å². The predicted molar refractivity (Wildman–Crippen MR) is 188 cm³/mol. The summed E-state index contributed by atoms with van der Waals surface area (Å²) in [5, 5.41) is 10.8. The van der Waals surface area contributed by atoms with E-state index in [-0.39, 0.29) is 35.6 Å². The summed E-state index contributed by atoms with van der Waals surface area (Å²) in [6.07, 6.45) is 10.1. The number of Topliss-reactive ketones (excluding diaryl/α,β-unsaturated/α-hetero) is 1. The van der Waals surface area contributed by atoms with E-state index in [1.54, 1.807) is 0 Å². The van der Waals surface area contributed by atoms with Gasteiger partial charge in [-0.25, -0.2) is 13.2 Å². The maximum Gasteiger partial charge on any atom is 0.315 e. The lowest BCUT2D eigenvalue weighted by Crippen LogP contribution is -2.63. The summed E-state index contributed by atoms with van der Waals surface area (Å²) in [6.45, 7) is 10.3. The quantitative estimate of drug-likeness (QED) is 0.157. The summed E-state index contributed by atoms with van der Waals surface area (Å²) >= 11 is 0. The third-order valence-electron chi connectivity index (χ3n) is 11.8. The SMILES string of the molecule is CCCC[C@H](NC(=O)CN(C[C@H]1[C@@H](C)C1(C)C)C(=O)[C@H](CCCC)NC(=O)NC1([C@@H]2CCCS2(=O)=O)CCCCC1)C(=O)C(=O)NC1CC1. The lowest BCUT2D eigenvalue weighted by atomic mass is 9.78. The van der Waals surface area contributed by atoms with Gasteiger partial charge in [-0.05, 0) is 68.6 Å². The summed E-state index contributed by atoms with van der Waals surface area (Å²) in [4.78, 5) is 68.8. The zero-order valence-corrected chi connectivity index (χ0v) is 31.2. The molecule has 0 radical (unpaired) electrons. The summed E-state index contributed by atoms with van der Waals surface area (Å²) < 4.78 is 26.1. The van der Waals surface area contributed by atoms with Crippen molar-refractivity contribution in [3.05, 3.63) is 0 Å². The van der Waals surface area contributed by atoms with Gasteiger partial charge in [0.1, 0.15) is 6.04 Å². The largest absolute Gasteiger partial charge is 0.347 e. The van der Waals surface area contributed by atoms with E-state index in [4.69, 9.17) is 0 Å². The molecule has 4 N–H and O–H groups in total. The van der Waals surface area contributed by atoms with E-state index in [9.17, 15) is 32.4 Å². The number of carbonyl (C=O) groups excluding carboxylic acids is 5. The fourth-order valence-corrected chi connectivity index (χ4v) is 10.4. The van der Waals surface area contributed by atoms with Crippen molar-refractivity contribution >= 4 is 39.4 Å². The number of unbranched alkanes of at least 4 members (excludes halogenated alkanes) is 2. The summed E-state index contributed by atoms with van der Waals surface area (Å²) in [5.41, 5.74) is -0.895. The van der Waals surface area contributed by atoms with Crippen molar-refractivity contribution in [1.29, 1.82) is 0 Å². The highest BCUT2D eigenvalue weighted by Crippen LogP contribution is 2.58. The predicted octanol–water partition coefficient (Wildman–Crippen LogP) is 3.77. The number of amides is 5. The highest BCUT2D eigenvalue weighted by atomic mass is 32.2. The average molecular weight is 708 g/mol. The lowest BCUT2D eigenvalue weighted by molar-refractivity contribution is -0.141. The van der Waals surface area contributed by atoms with Gasteiger partial charge in [0.15, 0.2) is 9.84 Å². The number of rotatable bonds is 18. The molecule has 0 bridgehead atoms. The first-order chi connectivity index (χ1) is 23.1. The van der Waals surface area contributed by atoms with E-state index in [1.165, 1.54) is 4.90 Å². The third kappa shape index (κ3) is 9.97. The Morgan fingerprint density at radius 3 is 2.00 bits per heavy atom. The molecular formula is C36H61N5O7S. The van der Waals surface area contributed by atoms with Crippen molar-refractivity contribution in [2.45, 2.75) is 160 Å². The van der Waals surface area contributed by atoms with Crippen LogP contribution in [-0.4, -0.2) is 90.6 Å². The molecule has 0 spiro atoms. The highest BCUT2D eigenvalue weighted by Gasteiger charge is 2.55. The highest BCUT2D eigenvalue weighted by molar-refractivity contribution is 7.92. The molecular weight excluding hydrogens is 646 g/mol. The Bertz CT molecular complexity index is 1320. The maximum atomic E-state index is 14.3. The summed E-state index contributed by atoms with van der Waals surface area (Å²) in [6, 6.07) is -2.46. The Balaban J connectivity index is 1.50. The molecule has 0 aromatic rings. The molecule has 4 aliphatic rings. The Morgan fingerprint density at radius 2 is 1.47 bits per heavy atom. The van der Waals surface area contributed by atoms with Crippen LogP contribution >= 0.6 is 0 Å². The van der Waals surface area contributed by atoms with Crippen molar-refractivity contribution < 1.29 is 32.4 Å². The lowest BCUT2D eigenvalue weighted by Gasteiger charge is -2.42. The summed E-state index contributed by atoms with van der Waals surface area (Å²) in [5.74, 6) is -1.69. The molecule has 4 fully saturated rings. The molecule has 278 valence electrons. The van der Waals surface area contributed by atoms with Crippen LogP contribution in [0.2, 0.25) is 0 Å². The smallest absolute Gasteiger partial charge is 0.315 e. The molecule has 0 aromatic carbocycles. The number of hydrogen-bond acceptors (Lipinski definition) is 7. The van der Waals surface area contributed by atoms with Crippen LogP contribution in [0.25, 0.3) is 0 Å². The van der Waals surface area contributed by atoms with E-state index in [1.807, 2.05) is 13.8 Å². The summed E-state index contributed by atoms with van der Waals surface area (Å²) in [7, 11) is -3.34. The van der Waals surface area contributed by atoms with Gasteiger partial charge in [-0.3, -0.25) is 19.2 Å². The Labute approximate surface area is 293 Å². The zero-order valence-electron chi connectivity index (χ0n) is 30.4. The first-order valence-electron chi connectivity index (χ1n) is 18.9. The van der Waals surface area contributed by atoms with Crippen LogP contribution in [0, 0.1) is 17.3 Å². The molecule has 3 saturated carbocycles. The molecule has 3 aliphatic carbocycles. The molecule has 0 aromatic heterocycles. The maximum absolute atomic E-state index is 14.3.